The Hall–Kier alpha value is -4.67. The summed E-state index contributed by atoms with van der Waals surface area (Å²) in [5.41, 5.74) is 6.01. The first-order valence-electron chi connectivity index (χ1n) is 12.1. The number of aromatic nitrogens is 2. The van der Waals surface area contributed by atoms with Crippen molar-refractivity contribution in [3.8, 4) is 11.3 Å². The zero-order chi connectivity index (χ0) is 29.1. The van der Waals surface area contributed by atoms with E-state index in [4.69, 9.17) is 14.9 Å². The van der Waals surface area contributed by atoms with E-state index < -0.39 is 29.3 Å². The summed E-state index contributed by atoms with van der Waals surface area (Å²) in [4.78, 5) is 22.1. The second-order valence-corrected chi connectivity index (χ2v) is 9.81. The van der Waals surface area contributed by atoms with Crippen LogP contribution in [0.4, 0.5) is 29.1 Å². The number of hydrogen-bond acceptors (Lipinski definition) is 7. The van der Waals surface area contributed by atoms with Gasteiger partial charge in [-0.1, -0.05) is 36.4 Å². The van der Waals surface area contributed by atoms with Crippen molar-refractivity contribution in [3.63, 3.8) is 0 Å². The number of nitrogens with two attached hydrogens (primary N) is 1. The lowest BCUT2D eigenvalue weighted by Gasteiger charge is -2.21. The highest BCUT2D eigenvalue weighted by Crippen LogP contribution is 2.32. The predicted octanol–water partition coefficient (Wildman–Crippen LogP) is 6.86. The Morgan fingerprint density at radius 1 is 1.05 bits per heavy atom. The van der Waals surface area contributed by atoms with Gasteiger partial charge in [0.15, 0.2) is 11.6 Å². The molecule has 0 aliphatic rings. The van der Waals surface area contributed by atoms with Crippen LogP contribution in [0, 0.1) is 5.82 Å². The topological polar surface area (TPSA) is 103 Å². The number of benzene rings is 2. The fourth-order valence-electron chi connectivity index (χ4n) is 3.65. The lowest BCUT2D eigenvalue weighted by atomic mass is 10.1. The molecule has 4 rings (SSSR count). The number of alkyl halides is 3. The Morgan fingerprint density at radius 3 is 2.42 bits per heavy atom. The fourth-order valence-corrected chi connectivity index (χ4v) is 3.65. The van der Waals surface area contributed by atoms with Gasteiger partial charge in [0.2, 0.25) is 5.76 Å². The summed E-state index contributed by atoms with van der Waals surface area (Å²) in [5, 5.41) is 2.84. The van der Waals surface area contributed by atoms with Gasteiger partial charge in [-0.3, -0.25) is 0 Å². The summed E-state index contributed by atoms with van der Waals surface area (Å²) in [6, 6.07) is 15.6. The van der Waals surface area contributed by atoms with Gasteiger partial charge in [0.05, 0.1) is 23.3 Å². The minimum Gasteiger partial charge on any atom is -0.455 e. The first kappa shape index (κ1) is 28.3. The minimum atomic E-state index is -4.70. The van der Waals surface area contributed by atoms with Crippen molar-refractivity contribution >= 4 is 23.6 Å². The molecule has 2 heterocycles. The Bertz CT molecular complexity index is 1540. The SMILES string of the molecule is CC(C)(C)OC(=O)/C(=C/c1ccc(C(F)(F)F)o1)Nc1ncc(-c2cccc(N)c2F)nc1Cc1ccccc1. The van der Waals surface area contributed by atoms with Gasteiger partial charge in [0.1, 0.15) is 17.1 Å². The largest absolute Gasteiger partial charge is 0.455 e. The van der Waals surface area contributed by atoms with Crippen LogP contribution < -0.4 is 11.1 Å². The average molecular weight is 555 g/mol. The predicted molar refractivity (Wildman–Crippen MR) is 142 cm³/mol. The van der Waals surface area contributed by atoms with Crippen LogP contribution in [0.1, 0.15) is 43.5 Å². The van der Waals surface area contributed by atoms with Crippen molar-refractivity contribution < 1.29 is 31.5 Å². The maximum atomic E-state index is 14.8. The monoisotopic (exact) mass is 554 g/mol. The van der Waals surface area contributed by atoms with Gasteiger partial charge in [-0.2, -0.15) is 13.2 Å². The second-order valence-electron chi connectivity index (χ2n) is 9.81. The number of halogens is 4. The number of rotatable bonds is 7. The Balaban J connectivity index is 1.79. The number of carbonyl (C=O) groups excluding carboxylic acids is 1. The van der Waals surface area contributed by atoms with Gasteiger partial charge < -0.3 is 20.2 Å². The first-order chi connectivity index (χ1) is 18.8. The van der Waals surface area contributed by atoms with Gasteiger partial charge in [-0.05, 0) is 50.6 Å². The van der Waals surface area contributed by atoms with Crippen LogP contribution in [0.3, 0.4) is 0 Å². The summed E-state index contributed by atoms with van der Waals surface area (Å²) in [6.45, 7) is 4.94. The number of ether oxygens (including phenoxy) is 1. The third-order valence-corrected chi connectivity index (χ3v) is 5.43. The molecule has 0 amide bonds. The summed E-state index contributed by atoms with van der Waals surface area (Å²) in [6.07, 6.45) is -2.08. The summed E-state index contributed by atoms with van der Waals surface area (Å²) >= 11 is 0. The molecule has 3 N–H and O–H groups in total. The van der Waals surface area contributed by atoms with Gasteiger partial charge in [-0.25, -0.2) is 19.2 Å². The molecule has 0 spiro atoms. The molecule has 0 fully saturated rings. The maximum Gasteiger partial charge on any atom is 0.449 e. The number of carbonyl (C=O) groups is 1. The Morgan fingerprint density at radius 2 is 1.77 bits per heavy atom. The molecule has 0 aliphatic carbocycles. The molecule has 0 atom stereocenters. The lowest BCUT2D eigenvalue weighted by molar-refractivity contribution is -0.153. The van der Waals surface area contributed by atoms with Crippen LogP contribution in [0.5, 0.6) is 0 Å². The molecule has 2 aromatic heterocycles. The van der Waals surface area contributed by atoms with Crippen LogP contribution in [0.15, 0.2) is 77.0 Å². The smallest absolute Gasteiger partial charge is 0.449 e. The quantitative estimate of drug-likeness (QED) is 0.111. The highest BCUT2D eigenvalue weighted by molar-refractivity contribution is 5.96. The zero-order valence-corrected chi connectivity index (χ0v) is 21.8. The van der Waals surface area contributed by atoms with Crippen molar-refractivity contribution in [3.05, 3.63) is 101 Å². The van der Waals surface area contributed by atoms with E-state index in [-0.39, 0.29) is 40.6 Å². The van der Waals surface area contributed by atoms with E-state index >= 15 is 0 Å². The zero-order valence-electron chi connectivity index (χ0n) is 21.8. The van der Waals surface area contributed by atoms with Crippen LogP contribution in [-0.2, 0) is 22.1 Å². The highest BCUT2D eigenvalue weighted by Gasteiger charge is 2.34. The minimum absolute atomic E-state index is 0.0575. The van der Waals surface area contributed by atoms with Crippen molar-refractivity contribution in [1.29, 1.82) is 0 Å². The molecule has 4 aromatic rings. The fraction of sp³-hybridized carbons (Fsp3) is 0.207. The third-order valence-electron chi connectivity index (χ3n) is 5.43. The standard InChI is InChI=1S/C29H26F4N4O3/c1-28(2,3)40-27(38)22(15-18-12-13-24(39-18)29(31,32)33)37-26-21(14-17-8-5-4-6-9-17)36-23(16-35-26)19-10-7-11-20(34)25(19)30/h4-13,15-16H,14,34H2,1-3H3,(H,35,37)/b22-15-. The highest BCUT2D eigenvalue weighted by atomic mass is 19.4. The number of hydrogen-bond donors (Lipinski definition) is 2. The van der Waals surface area contributed by atoms with Crippen molar-refractivity contribution in [1.82, 2.24) is 9.97 Å². The molecule has 0 saturated heterocycles. The number of furan rings is 1. The molecule has 0 saturated carbocycles. The Kier molecular flexibility index (Phi) is 7.94. The van der Waals surface area contributed by atoms with Gasteiger partial charge in [0, 0.05) is 18.1 Å². The lowest BCUT2D eigenvalue weighted by Crippen LogP contribution is -2.27. The molecular weight excluding hydrogens is 528 g/mol. The van der Waals surface area contributed by atoms with Gasteiger partial charge >= 0.3 is 12.1 Å². The van der Waals surface area contributed by atoms with E-state index in [1.54, 1.807) is 26.8 Å². The molecule has 7 nitrogen and oxygen atoms in total. The van der Waals surface area contributed by atoms with Crippen LogP contribution in [0.2, 0.25) is 0 Å². The summed E-state index contributed by atoms with van der Waals surface area (Å²) < 4.78 is 64.4. The van der Waals surface area contributed by atoms with E-state index in [9.17, 15) is 22.4 Å². The molecule has 208 valence electrons. The molecule has 40 heavy (non-hydrogen) atoms. The van der Waals surface area contributed by atoms with Crippen LogP contribution in [-0.4, -0.2) is 21.5 Å². The third kappa shape index (κ3) is 7.04. The molecule has 0 aliphatic heterocycles. The van der Waals surface area contributed by atoms with Crippen molar-refractivity contribution in [2.45, 2.75) is 39.0 Å². The van der Waals surface area contributed by atoms with E-state index in [1.165, 1.54) is 18.3 Å². The molecule has 0 bridgehead atoms. The van der Waals surface area contributed by atoms with Gasteiger partial charge in [-0.15, -0.1) is 0 Å². The number of esters is 1. The first-order valence-corrected chi connectivity index (χ1v) is 12.1. The maximum absolute atomic E-state index is 14.8. The molecule has 11 heteroatoms. The summed E-state index contributed by atoms with van der Waals surface area (Å²) in [5.74, 6) is -2.87. The second kappa shape index (κ2) is 11.2. The molecular formula is C29H26F4N4O3. The Labute approximate surface area is 227 Å². The van der Waals surface area contributed by atoms with E-state index in [1.807, 2.05) is 30.3 Å². The van der Waals surface area contributed by atoms with E-state index in [0.717, 1.165) is 23.8 Å². The molecule has 0 radical (unpaired) electrons. The van der Waals surface area contributed by atoms with E-state index in [0.29, 0.717) is 5.69 Å². The van der Waals surface area contributed by atoms with Crippen LogP contribution >= 0.6 is 0 Å². The number of nitrogen functional groups attached to an aromatic ring is 1. The van der Waals surface area contributed by atoms with E-state index in [2.05, 4.69) is 15.3 Å². The molecule has 0 unspecified atom stereocenters. The van der Waals surface area contributed by atoms with Crippen LogP contribution in [0.25, 0.3) is 17.3 Å². The number of nitrogens with zero attached hydrogens (tertiary/aromatic N) is 2. The number of anilines is 2. The normalized spacial score (nSPS) is 12.3. The van der Waals surface area contributed by atoms with Crippen molar-refractivity contribution in [2.24, 2.45) is 0 Å². The van der Waals surface area contributed by atoms with Gasteiger partial charge in [0.25, 0.3) is 0 Å². The summed E-state index contributed by atoms with van der Waals surface area (Å²) in [7, 11) is 0. The average Bonchev–Trinajstić information content (AvgIpc) is 3.35. The van der Waals surface area contributed by atoms with Crippen molar-refractivity contribution in [2.75, 3.05) is 11.1 Å². The molecule has 2 aromatic carbocycles. The number of nitrogens with one attached hydrogen (secondary N) is 1.